The van der Waals surface area contributed by atoms with Crippen LogP contribution >= 0.6 is 11.6 Å². The quantitative estimate of drug-likeness (QED) is 0.759. The van der Waals surface area contributed by atoms with Crippen LogP contribution in [-0.2, 0) is 0 Å². The summed E-state index contributed by atoms with van der Waals surface area (Å²) in [5, 5.41) is 0.821. The van der Waals surface area contributed by atoms with Crippen LogP contribution < -0.4 is 10.6 Å². The van der Waals surface area contributed by atoms with Crippen LogP contribution in [0.25, 0.3) is 0 Å². The van der Waals surface area contributed by atoms with Crippen molar-refractivity contribution in [1.29, 1.82) is 0 Å². The predicted octanol–water partition coefficient (Wildman–Crippen LogP) is 3.30. The number of hydrogen-bond donors (Lipinski definition) is 1. The monoisotopic (exact) mass is 236 g/mol. The minimum atomic E-state index is 0.605. The summed E-state index contributed by atoms with van der Waals surface area (Å²) in [5.41, 5.74) is 8.32. The highest BCUT2D eigenvalue weighted by Crippen LogP contribution is 2.48. The number of nitrogens with two attached hydrogens (primary N) is 1. The fraction of sp³-hybridized carbons (Fsp3) is 0.538. The molecule has 0 amide bonds. The number of halogens is 1. The van der Waals surface area contributed by atoms with Gasteiger partial charge < -0.3 is 10.6 Å². The van der Waals surface area contributed by atoms with Gasteiger partial charge in [0, 0.05) is 24.2 Å². The summed E-state index contributed by atoms with van der Waals surface area (Å²) in [6.45, 7) is 2.33. The van der Waals surface area contributed by atoms with Crippen LogP contribution in [0.3, 0.4) is 0 Å². The van der Waals surface area contributed by atoms with Crippen molar-refractivity contribution in [2.75, 3.05) is 23.7 Å². The van der Waals surface area contributed by atoms with E-state index in [1.54, 1.807) is 0 Å². The van der Waals surface area contributed by atoms with Gasteiger partial charge in [-0.25, -0.2) is 0 Å². The fourth-order valence-corrected chi connectivity index (χ4v) is 3.38. The third kappa shape index (κ3) is 1.56. The molecule has 3 rings (SSSR count). The Labute approximate surface area is 101 Å². The number of hydrogen-bond acceptors (Lipinski definition) is 2. The summed E-state index contributed by atoms with van der Waals surface area (Å²) in [4.78, 5) is 2.37. The summed E-state index contributed by atoms with van der Waals surface area (Å²) in [5.74, 6) is 0. The third-order valence-corrected chi connectivity index (χ3v) is 4.35. The molecular weight excluding hydrogens is 220 g/mol. The normalized spacial score (nSPS) is 22.4. The standard InChI is InChI=1S/C13H17ClN2/c14-11-4-3-10(15)7-12(11)16-8-13(9-16)5-1-2-6-13/h3-4,7H,1-2,5-6,8-9,15H2. The second kappa shape index (κ2) is 3.56. The van der Waals surface area contributed by atoms with Crippen LogP contribution in [0.15, 0.2) is 18.2 Å². The topological polar surface area (TPSA) is 29.3 Å². The van der Waals surface area contributed by atoms with Crippen molar-refractivity contribution in [2.45, 2.75) is 25.7 Å². The van der Waals surface area contributed by atoms with Crippen molar-refractivity contribution in [3.63, 3.8) is 0 Å². The molecule has 16 heavy (non-hydrogen) atoms. The van der Waals surface area contributed by atoms with E-state index in [-0.39, 0.29) is 0 Å². The number of nitrogen functional groups attached to an aromatic ring is 1. The van der Waals surface area contributed by atoms with Gasteiger partial charge >= 0.3 is 0 Å². The summed E-state index contributed by atoms with van der Waals surface area (Å²) < 4.78 is 0. The molecule has 2 nitrogen and oxygen atoms in total. The second-order valence-corrected chi connectivity index (χ2v) is 5.68. The summed E-state index contributed by atoms with van der Waals surface area (Å²) >= 11 is 6.20. The smallest absolute Gasteiger partial charge is 0.0641 e. The highest BCUT2D eigenvalue weighted by atomic mass is 35.5. The Morgan fingerprint density at radius 1 is 1.19 bits per heavy atom. The lowest BCUT2D eigenvalue weighted by molar-refractivity contribution is 0.222. The lowest BCUT2D eigenvalue weighted by Crippen LogP contribution is -2.55. The molecule has 1 saturated heterocycles. The first kappa shape index (κ1) is 10.3. The Hall–Kier alpha value is -0.890. The maximum absolute atomic E-state index is 6.20. The van der Waals surface area contributed by atoms with Gasteiger partial charge in [-0.1, -0.05) is 24.4 Å². The van der Waals surface area contributed by atoms with Gasteiger partial charge in [-0.2, -0.15) is 0 Å². The van der Waals surface area contributed by atoms with Gasteiger partial charge in [0.2, 0.25) is 0 Å². The third-order valence-electron chi connectivity index (χ3n) is 4.03. The van der Waals surface area contributed by atoms with E-state index in [0.29, 0.717) is 5.41 Å². The van der Waals surface area contributed by atoms with Gasteiger partial charge in [0.25, 0.3) is 0 Å². The maximum Gasteiger partial charge on any atom is 0.0641 e. The van der Waals surface area contributed by atoms with E-state index < -0.39 is 0 Å². The van der Waals surface area contributed by atoms with Crippen molar-refractivity contribution in [3.8, 4) is 0 Å². The molecule has 86 valence electrons. The van der Waals surface area contributed by atoms with E-state index in [0.717, 1.165) is 29.5 Å². The molecule has 2 N–H and O–H groups in total. The molecule has 1 aromatic rings. The second-order valence-electron chi connectivity index (χ2n) is 5.27. The molecule has 1 aliphatic heterocycles. The first-order chi connectivity index (χ1) is 7.69. The van der Waals surface area contributed by atoms with Crippen LogP contribution in [0.5, 0.6) is 0 Å². The molecule has 0 radical (unpaired) electrons. The van der Waals surface area contributed by atoms with Gasteiger partial charge in [-0.3, -0.25) is 0 Å². The zero-order valence-corrected chi connectivity index (χ0v) is 10.1. The zero-order valence-electron chi connectivity index (χ0n) is 9.38. The molecule has 2 fully saturated rings. The summed E-state index contributed by atoms with van der Waals surface area (Å²) in [6, 6.07) is 5.74. The van der Waals surface area contributed by atoms with Gasteiger partial charge in [-0.05, 0) is 31.0 Å². The van der Waals surface area contributed by atoms with Crippen molar-refractivity contribution in [1.82, 2.24) is 0 Å². The Morgan fingerprint density at radius 3 is 2.56 bits per heavy atom. The van der Waals surface area contributed by atoms with Crippen LogP contribution in [-0.4, -0.2) is 13.1 Å². The van der Waals surface area contributed by atoms with Crippen molar-refractivity contribution >= 4 is 23.0 Å². The van der Waals surface area contributed by atoms with Crippen LogP contribution in [0.2, 0.25) is 5.02 Å². The summed E-state index contributed by atoms with van der Waals surface area (Å²) in [6.07, 6.45) is 5.59. The molecule has 0 bridgehead atoms. The largest absolute Gasteiger partial charge is 0.399 e. The van der Waals surface area contributed by atoms with Crippen molar-refractivity contribution in [2.24, 2.45) is 5.41 Å². The predicted molar refractivity (Wildman–Crippen MR) is 69.0 cm³/mol. The van der Waals surface area contributed by atoms with Crippen LogP contribution in [0.1, 0.15) is 25.7 Å². The minimum absolute atomic E-state index is 0.605. The molecule has 1 heterocycles. The van der Waals surface area contributed by atoms with E-state index in [2.05, 4.69) is 4.90 Å². The Morgan fingerprint density at radius 2 is 1.88 bits per heavy atom. The highest BCUT2D eigenvalue weighted by Gasteiger charge is 2.45. The highest BCUT2D eigenvalue weighted by molar-refractivity contribution is 6.33. The molecule has 0 aromatic heterocycles. The maximum atomic E-state index is 6.20. The number of benzene rings is 1. The van der Waals surface area contributed by atoms with Gasteiger partial charge in [-0.15, -0.1) is 0 Å². The van der Waals surface area contributed by atoms with Gasteiger partial charge in [0.1, 0.15) is 0 Å². The molecule has 3 heteroatoms. The molecule has 2 aliphatic rings. The van der Waals surface area contributed by atoms with E-state index in [9.17, 15) is 0 Å². The average molecular weight is 237 g/mol. The van der Waals surface area contributed by atoms with E-state index in [1.807, 2.05) is 18.2 Å². The van der Waals surface area contributed by atoms with E-state index in [1.165, 1.54) is 25.7 Å². The fourth-order valence-electron chi connectivity index (χ4n) is 3.15. The Kier molecular flexibility index (Phi) is 2.28. The molecule has 1 aromatic carbocycles. The van der Waals surface area contributed by atoms with Crippen molar-refractivity contribution in [3.05, 3.63) is 23.2 Å². The average Bonchev–Trinajstić information content (AvgIpc) is 2.68. The molecular formula is C13H17ClN2. The first-order valence-electron chi connectivity index (χ1n) is 5.99. The minimum Gasteiger partial charge on any atom is -0.399 e. The van der Waals surface area contributed by atoms with Gasteiger partial charge in [0.15, 0.2) is 0 Å². The Balaban J connectivity index is 1.78. The Bertz CT molecular complexity index is 402. The lowest BCUT2D eigenvalue weighted by atomic mass is 9.78. The SMILES string of the molecule is Nc1ccc(Cl)c(N2CC3(CCCC3)C2)c1. The molecule has 0 atom stereocenters. The van der Waals surface area contributed by atoms with Crippen LogP contribution in [0.4, 0.5) is 11.4 Å². The molecule has 1 aliphatic carbocycles. The number of anilines is 2. The van der Waals surface area contributed by atoms with Gasteiger partial charge in [0.05, 0.1) is 10.7 Å². The number of rotatable bonds is 1. The first-order valence-corrected chi connectivity index (χ1v) is 6.36. The number of nitrogens with zero attached hydrogens (tertiary/aromatic N) is 1. The van der Waals surface area contributed by atoms with Crippen LogP contribution in [0, 0.1) is 5.41 Å². The van der Waals surface area contributed by atoms with E-state index >= 15 is 0 Å². The summed E-state index contributed by atoms with van der Waals surface area (Å²) in [7, 11) is 0. The van der Waals surface area contributed by atoms with E-state index in [4.69, 9.17) is 17.3 Å². The molecule has 0 unspecified atom stereocenters. The lowest BCUT2D eigenvalue weighted by Gasteiger charge is -2.50. The molecule has 1 spiro atoms. The molecule has 1 saturated carbocycles. The zero-order chi connectivity index (χ0) is 11.2. The van der Waals surface area contributed by atoms with Crippen molar-refractivity contribution < 1.29 is 0 Å².